The average Bonchev–Trinajstić information content (AvgIpc) is 3.18. The van der Waals surface area contributed by atoms with Crippen LogP contribution in [0.25, 0.3) is 0 Å². The summed E-state index contributed by atoms with van der Waals surface area (Å²) in [5.41, 5.74) is 0. The Balaban J connectivity index is 0.000000229. The molecule has 0 saturated carbocycles. The Morgan fingerprint density at radius 2 is 1.00 bits per heavy atom. The highest BCUT2D eigenvalue weighted by atomic mass is 16.4. The highest BCUT2D eigenvalue weighted by Gasteiger charge is 1.86. The zero-order chi connectivity index (χ0) is 14.2. The lowest BCUT2D eigenvalue weighted by Crippen LogP contribution is -2.00. The molecule has 0 aliphatic heterocycles. The minimum absolute atomic E-state index is 1.17. The summed E-state index contributed by atoms with van der Waals surface area (Å²) in [4.78, 5) is 0. The van der Waals surface area contributed by atoms with E-state index >= 15 is 0 Å². The molecule has 0 atom stereocenters. The van der Waals surface area contributed by atoms with E-state index < -0.39 is 7.12 Å². The Kier molecular flexibility index (Phi) is 12.0. The first-order valence-electron chi connectivity index (χ1n) is 5.41. The lowest BCUT2D eigenvalue weighted by molar-refractivity contribution is 0.417. The molecule has 0 spiro atoms. The summed E-state index contributed by atoms with van der Waals surface area (Å²) < 4.78 is 0. The molecule has 19 heavy (non-hydrogen) atoms. The quantitative estimate of drug-likeness (QED) is 0.374. The van der Waals surface area contributed by atoms with Crippen LogP contribution in [0.4, 0.5) is 0 Å². The zero-order valence-corrected chi connectivity index (χ0v) is 10.5. The molecule has 0 saturated heterocycles. The lowest BCUT2D eigenvalue weighted by atomic mass is 9.99. The third-order valence-electron chi connectivity index (χ3n) is 1.22. The van der Waals surface area contributed by atoms with Crippen LogP contribution in [-0.2, 0) is 0 Å². The van der Waals surface area contributed by atoms with Gasteiger partial charge in [-0.1, -0.05) is 0 Å². The molecule has 0 amide bonds. The minimum atomic E-state index is -1.17. The predicted octanol–water partition coefficient (Wildman–Crippen LogP) is 0.318. The van der Waals surface area contributed by atoms with E-state index in [0.717, 1.165) is 0 Å². The summed E-state index contributed by atoms with van der Waals surface area (Å²) in [5, 5.41) is 33.8. The van der Waals surface area contributed by atoms with Gasteiger partial charge < -0.3 is 10.0 Å². The molecule has 3 heterocycles. The molecule has 0 aromatic carbocycles. The Hall–Kier alpha value is -2.39. The highest BCUT2D eigenvalue weighted by molar-refractivity contribution is 6.38. The molecule has 0 bridgehead atoms. The Bertz CT molecular complexity index is 298. The molecule has 9 heteroatoms. The summed E-state index contributed by atoms with van der Waals surface area (Å²) in [5.74, 6) is 0. The number of rotatable bonds is 0. The van der Waals surface area contributed by atoms with E-state index in [1.54, 1.807) is 37.2 Å². The normalized spacial score (nSPS) is 7.74. The molecule has 102 valence electrons. The molecule has 0 aliphatic carbocycles. The van der Waals surface area contributed by atoms with Crippen molar-refractivity contribution < 1.29 is 10.0 Å². The summed E-state index contributed by atoms with van der Waals surface area (Å²) >= 11 is 0. The molecular formula is C10H17BN6O2. The number of nitrogens with one attached hydrogen (secondary N) is 3. The molecule has 5 N–H and O–H groups in total. The molecule has 0 radical (unpaired) electrons. The number of aromatic amines is 3. The summed E-state index contributed by atoms with van der Waals surface area (Å²) in [6, 6.07) is 5.50. The second-order valence-corrected chi connectivity index (χ2v) is 2.93. The lowest BCUT2D eigenvalue weighted by Gasteiger charge is -1.71. The van der Waals surface area contributed by atoms with Crippen LogP contribution in [0.1, 0.15) is 0 Å². The van der Waals surface area contributed by atoms with E-state index in [1.165, 1.54) is 6.82 Å². The van der Waals surface area contributed by atoms with Gasteiger partial charge in [-0.05, 0) is 25.0 Å². The number of hydrogen-bond acceptors (Lipinski definition) is 5. The van der Waals surface area contributed by atoms with Crippen molar-refractivity contribution in [3.63, 3.8) is 0 Å². The van der Waals surface area contributed by atoms with Crippen LogP contribution in [0.5, 0.6) is 0 Å². The van der Waals surface area contributed by atoms with Crippen molar-refractivity contribution in [3.05, 3.63) is 55.4 Å². The van der Waals surface area contributed by atoms with Crippen molar-refractivity contribution in [2.45, 2.75) is 6.82 Å². The van der Waals surface area contributed by atoms with E-state index in [-0.39, 0.29) is 0 Å². The molecule has 3 aromatic rings. The first-order valence-corrected chi connectivity index (χ1v) is 5.41. The minimum Gasteiger partial charge on any atom is -0.427 e. The average molecular weight is 264 g/mol. The van der Waals surface area contributed by atoms with Crippen LogP contribution < -0.4 is 0 Å². The maximum Gasteiger partial charge on any atom is 0.448 e. The fourth-order valence-electron chi connectivity index (χ4n) is 0.645. The van der Waals surface area contributed by atoms with Crippen molar-refractivity contribution >= 4 is 7.12 Å². The maximum atomic E-state index is 7.61. The number of H-pyrrole nitrogens is 3. The topological polar surface area (TPSA) is 126 Å². The van der Waals surface area contributed by atoms with Gasteiger partial charge in [-0.15, -0.1) is 0 Å². The second-order valence-electron chi connectivity index (χ2n) is 2.93. The fraction of sp³-hybridized carbons (Fsp3) is 0.100. The molecule has 3 aromatic heterocycles. The van der Waals surface area contributed by atoms with Crippen LogP contribution >= 0.6 is 0 Å². The largest absolute Gasteiger partial charge is 0.448 e. The SMILES string of the molecule is CB(O)O.c1cn[nH]c1.c1cn[nH]c1.c1cn[nH]c1. The molecule has 0 fully saturated rings. The monoisotopic (exact) mass is 264 g/mol. The van der Waals surface area contributed by atoms with Crippen LogP contribution in [0, 0.1) is 0 Å². The molecular weight excluding hydrogens is 247 g/mol. The summed E-state index contributed by atoms with van der Waals surface area (Å²) in [7, 11) is -1.17. The van der Waals surface area contributed by atoms with E-state index in [4.69, 9.17) is 10.0 Å². The summed E-state index contributed by atoms with van der Waals surface area (Å²) in [6.45, 7) is 1.28. The number of hydrogen-bond donors (Lipinski definition) is 5. The molecule has 0 aliphatic rings. The zero-order valence-electron chi connectivity index (χ0n) is 10.5. The van der Waals surface area contributed by atoms with Gasteiger partial charge in [-0.3, -0.25) is 15.3 Å². The molecule has 8 nitrogen and oxygen atoms in total. The standard InChI is InChI=1S/3C3H4N2.CH5BO2/c3*1-2-4-5-3-1;1-2(3)4/h3*1-3H,(H,4,5);3-4H,1H3. The third kappa shape index (κ3) is 18.2. The predicted molar refractivity (Wildman–Crippen MR) is 71.8 cm³/mol. The van der Waals surface area contributed by atoms with Gasteiger partial charge >= 0.3 is 7.12 Å². The first kappa shape index (κ1) is 16.6. The van der Waals surface area contributed by atoms with Crippen LogP contribution in [-0.4, -0.2) is 47.8 Å². The van der Waals surface area contributed by atoms with Gasteiger partial charge in [-0.25, -0.2) is 0 Å². The molecule has 3 rings (SSSR count). The Labute approximate surface area is 111 Å². The Morgan fingerprint density at radius 3 is 1.05 bits per heavy atom. The van der Waals surface area contributed by atoms with Gasteiger partial charge in [0, 0.05) is 37.2 Å². The van der Waals surface area contributed by atoms with E-state index in [0.29, 0.717) is 0 Å². The summed E-state index contributed by atoms with van der Waals surface area (Å²) in [6.07, 6.45) is 10.4. The van der Waals surface area contributed by atoms with E-state index in [1.807, 2.05) is 18.2 Å². The van der Waals surface area contributed by atoms with E-state index in [9.17, 15) is 0 Å². The van der Waals surface area contributed by atoms with Crippen LogP contribution in [0.2, 0.25) is 6.82 Å². The van der Waals surface area contributed by atoms with Gasteiger partial charge in [-0.2, -0.15) is 15.3 Å². The van der Waals surface area contributed by atoms with Gasteiger partial charge in [0.15, 0.2) is 0 Å². The van der Waals surface area contributed by atoms with Crippen molar-refractivity contribution in [1.29, 1.82) is 0 Å². The van der Waals surface area contributed by atoms with Gasteiger partial charge in [0.25, 0.3) is 0 Å². The second kappa shape index (κ2) is 13.7. The molecule has 0 unspecified atom stereocenters. The first-order chi connectivity index (χ1) is 9.23. The van der Waals surface area contributed by atoms with Gasteiger partial charge in [0.2, 0.25) is 0 Å². The number of aromatic nitrogens is 6. The Morgan fingerprint density at radius 1 is 0.737 bits per heavy atom. The van der Waals surface area contributed by atoms with Crippen molar-refractivity contribution in [3.8, 4) is 0 Å². The van der Waals surface area contributed by atoms with Gasteiger partial charge in [0.1, 0.15) is 0 Å². The van der Waals surface area contributed by atoms with Crippen LogP contribution in [0.15, 0.2) is 55.4 Å². The smallest absolute Gasteiger partial charge is 0.427 e. The fourth-order valence-corrected chi connectivity index (χ4v) is 0.645. The highest BCUT2D eigenvalue weighted by Crippen LogP contribution is 1.65. The number of nitrogens with zero attached hydrogens (tertiary/aromatic N) is 3. The van der Waals surface area contributed by atoms with Gasteiger partial charge in [0.05, 0.1) is 0 Å². The third-order valence-corrected chi connectivity index (χ3v) is 1.22. The van der Waals surface area contributed by atoms with E-state index in [2.05, 4.69) is 30.6 Å². The van der Waals surface area contributed by atoms with Crippen LogP contribution in [0.3, 0.4) is 0 Å². The van der Waals surface area contributed by atoms with Crippen molar-refractivity contribution in [2.75, 3.05) is 0 Å². The van der Waals surface area contributed by atoms with Crippen molar-refractivity contribution in [2.24, 2.45) is 0 Å². The maximum absolute atomic E-state index is 7.61. The van der Waals surface area contributed by atoms with Crippen molar-refractivity contribution in [1.82, 2.24) is 30.6 Å².